The van der Waals surface area contributed by atoms with E-state index in [9.17, 15) is 0 Å². The maximum absolute atomic E-state index is 2.77. The second kappa shape index (κ2) is 17.6. The quantitative estimate of drug-likeness (QED) is 0.159. The third-order valence-corrected chi connectivity index (χ3v) is 21.9. The first-order valence-electron chi connectivity index (χ1n) is 30.5. The first-order valence-corrected chi connectivity index (χ1v) is 31.4. The average molecular weight is 1090 g/mol. The molecular weight excluding hydrogens is 1010 g/mol. The summed E-state index contributed by atoms with van der Waals surface area (Å²) >= 11 is 2.06. The first kappa shape index (κ1) is 53.2. The third kappa shape index (κ3) is 7.87. The number of nitrogens with zero attached hydrogens (tertiary/aromatic N) is 3. The van der Waals surface area contributed by atoms with Crippen LogP contribution in [0.5, 0.6) is 0 Å². The predicted octanol–water partition coefficient (Wildman–Crippen LogP) is 20.1. The Morgan fingerprint density at radius 1 is 0.439 bits per heavy atom. The van der Waals surface area contributed by atoms with Crippen LogP contribution in [0, 0.1) is 0 Å². The summed E-state index contributed by atoms with van der Waals surface area (Å²) in [6.45, 7) is 38.8. The number of para-hydroxylation sites is 1. The Kier molecular flexibility index (Phi) is 11.4. The summed E-state index contributed by atoms with van der Waals surface area (Å²) in [5.41, 5.74) is 27.7. The topological polar surface area (TPSA) is 9.72 Å². The molecule has 0 unspecified atom stereocenters. The molecule has 0 N–H and O–H groups in total. The van der Waals surface area contributed by atoms with E-state index in [1.54, 1.807) is 0 Å². The van der Waals surface area contributed by atoms with Crippen LogP contribution in [0.4, 0.5) is 51.2 Å². The molecule has 0 fully saturated rings. The lowest BCUT2D eigenvalue weighted by atomic mass is 9.35. The Hall–Kier alpha value is -6.82. The fourth-order valence-corrected chi connectivity index (χ4v) is 16.8. The Morgan fingerprint density at radius 2 is 0.951 bits per heavy atom. The van der Waals surface area contributed by atoms with E-state index in [1.165, 1.54) is 128 Å². The highest BCUT2D eigenvalue weighted by Gasteiger charge is 2.50. The number of thiophene rings is 1. The molecule has 0 atom stereocenters. The van der Waals surface area contributed by atoms with Gasteiger partial charge in [-0.25, -0.2) is 0 Å². The molecule has 0 saturated carbocycles. The van der Waals surface area contributed by atoms with Gasteiger partial charge >= 0.3 is 0 Å². The highest BCUT2D eigenvalue weighted by atomic mass is 32.1. The summed E-state index contributed by atoms with van der Waals surface area (Å²) in [5, 5.41) is 1.36. The first-order chi connectivity index (χ1) is 38.7. The number of rotatable bonds is 5. The molecule has 0 amide bonds. The highest BCUT2D eigenvalue weighted by molar-refractivity contribution is 7.33. The lowest BCUT2D eigenvalue weighted by molar-refractivity contribution is 0.332. The molecule has 1 aromatic heterocycles. The fraction of sp³-hybridized carbons (Fsp3) is 0.351. The van der Waals surface area contributed by atoms with Gasteiger partial charge in [0.05, 0.1) is 17.1 Å². The standard InChI is InChI=1S/C77H82BN3S/c1-71(2,3)47-29-33-50(34-30-47)79(49-23-18-17-19-24-49)52-41-64-68-65(42-52)81(62-28-22-26-54-53-25-20-21-27-56(53)77(15,16)67(54)62)63-45-59-58(74(9,10)38-39-75(59,11)12)44-61(63)78(68)70-69(80(64)51-35-31-48(32-36-51)72(4,5)6)55-43-57-60(46-66(55)82-70)76(13,14)40-37-73(57,7)8/h17-36,41-46H,37-40H2,1-16H3. The van der Waals surface area contributed by atoms with Gasteiger partial charge in [0, 0.05) is 54.4 Å². The van der Waals surface area contributed by atoms with E-state index in [-0.39, 0.29) is 44.6 Å². The molecule has 82 heavy (non-hydrogen) atoms. The van der Waals surface area contributed by atoms with E-state index >= 15 is 0 Å². The maximum atomic E-state index is 2.77. The van der Waals surface area contributed by atoms with Gasteiger partial charge in [0.25, 0.3) is 6.71 Å². The van der Waals surface area contributed by atoms with Crippen LogP contribution in [0.3, 0.4) is 0 Å². The number of hydrogen-bond donors (Lipinski definition) is 0. The molecule has 14 rings (SSSR count). The minimum Gasteiger partial charge on any atom is -0.311 e. The number of fused-ring (bicyclic) bond motifs is 11. The SMILES string of the molecule is CC(C)(C)c1ccc(N(c2ccccc2)c2cc3c4c(c2)N(c2ccc(C(C)(C)C)cc2)c2c(sc5cc6c(cc25)C(C)(C)CCC6(C)C)B4c2cc4c(cc2N3c2cccc3c2C(C)(C)c2ccccc2-3)C(C)(C)CCC4(C)C)cc1. The van der Waals surface area contributed by atoms with E-state index in [1.807, 2.05) is 0 Å². The molecule has 0 bridgehead atoms. The van der Waals surface area contributed by atoms with Crippen molar-refractivity contribution in [2.75, 3.05) is 14.7 Å². The number of benzene rings is 8. The van der Waals surface area contributed by atoms with Crippen molar-refractivity contribution < 1.29 is 0 Å². The van der Waals surface area contributed by atoms with Gasteiger partial charge in [-0.2, -0.15) is 0 Å². The lowest BCUT2D eigenvalue weighted by Crippen LogP contribution is -2.61. The van der Waals surface area contributed by atoms with Crippen LogP contribution in [0.2, 0.25) is 0 Å². The molecule has 0 radical (unpaired) electrons. The van der Waals surface area contributed by atoms with Crippen molar-refractivity contribution in [2.45, 2.75) is 174 Å². The van der Waals surface area contributed by atoms with Crippen molar-refractivity contribution in [2.24, 2.45) is 0 Å². The largest absolute Gasteiger partial charge is 0.311 e. The molecule has 3 heterocycles. The Balaban J connectivity index is 1.16. The Morgan fingerprint density at radius 3 is 1.56 bits per heavy atom. The van der Waals surface area contributed by atoms with E-state index < -0.39 is 0 Å². The van der Waals surface area contributed by atoms with Crippen LogP contribution in [0.1, 0.15) is 181 Å². The van der Waals surface area contributed by atoms with Crippen LogP contribution in [-0.2, 0) is 37.9 Å². The zero-order valence-electron chi connectivity index (χ0n) is 51.7. The summed E-state index contributed by atoms with van der Waals surface area (Å²) < 4.78 is 2.82. The molecule has 0 saturated heterocycles. The van der Waals surface area contributed by atoms with E-state index in [0.29, 0.717) is 0 Å². The summed E-state index contributed by atoms with van der Waals surface area (Å²) in [4.78, 5) is 8.03. The Labute approximate surface area is 494 Å². The van der Waals surface area contributed by atoms with E-state index in [0.717, 1.165) is 29.9 Å². The molecule has 0 spiro atoms. The van der Waals surface area contributed by atoms with Gasteiger partial charge in [-0.05, 0) is 198 Å². The van der Waals surface area contributed by atoms with Gasteiger partial charge in [0.2, 0.25) is 0 Å². The van der Waals surface area contributed by atoms with Crippen molar-refractivity contribution in [3.8, 4) is 11.1 Å². The van der Waals surface area contributed by atoms with Gasteiger partial charge in [-0.3, -0.25) is 0 Å². The molecule has 2 aliphatic heterocycles. The van der Waals surface area contributed by atoms with Crippen molar-refractivity contribution in [1.82, 2.24) is 0 Å². The van der Waals surface area contributed by atoms with Gasteiger partial charge < -0.3 is 14.7 Å². The van der Waals surface area contributed by atoms with Crippen molar-refractivity contribution in [3.05, 3.63) is 202 Å². The molecule has 5 heteroatoms. The van der Waals surface area contributed by atoms with Crippen molar-refractivity contribution in [3.63, 3.8) is 0 Å². The van der Waals surface area contributed by atoms with Crippen LogP contribution >= 0.6 is 11.3 Å². The second-order valence-electron chi connectivity index (χ2n) is 30.3. The monoisotopic (exact) mass is 1090 g/mol. The zero-order valence-corrected chi connectivity index (χ0v) is 52.5. The van der Waals surface area contributed by atoms with Crippen LogP contribution in [0.25, 0.3) is 21.2 Å². The fourth-order valence-electron chi connectivity index (χ4n) is 15.5. The van der Waals surface area contributed by atoms with Gasteiger partial charge in [0.1, 0.15) is 0 Å². The van der Waals surface area contributed by atoms with E-state index in [2.05, 4.69) is 295 Å². The lowest BCUT2D eigenvalue weighted by Gasteiger charge is -2.47. The minimum atomic E-state index is -0.266. The summed E-state index contributed by atoms with van der Waals surface area (Å²) in [7, 11) is 0. The number of hydrogen-bond acceptors (Lipinski definition) is 4. The van der Waals surface area contributed by atoms with Gasteiger partial charge in [-0.1, -0.05) is 196 Å². The smallest absolute Gasteiger partial charge is 0.264 e. The summed E-state index contributed by atoms with van der Waals surface area (Å²) in [6, 6.07) is 62.5. The summed E-state index contributed by atoms with van der Waals surface area (Å²) in [6.07, 6.45) is 4.64. The van der Waals surface area contributed by atoms with Crippen molar-refractivity contribution in [1.29, 1.82) is 0 Å². The maximum Gasteiger partial charge on any atom is 0.264 e. The molecule has 3 aliphatic carbocycles. The molecule has 3 nitrogen and oxygen atoms in total. The van der Waals surface area contributed by atoms with Crippen LogP contribution in [0.15, 0.2) is 158 Å². The zero-order chi connectivity index (χ0) is 57.6. The molecular formula is C77H82BN3S. The highest BCUT2D eigenvalue weighted by Crippen LogP contribution is 2.59. The molecule has 414 valence electrons. The minimum absolute atomic E-state index is 0.00272. The molecule has 5 aliphatic rings. The van der Waals surface area contributed by atoms with Crippen molar-refractivity contribution >= 4 is 95.0 Å². The third-order valence-electron chi connectivity index (χ3n) is 20.6. The number of anilines is 9. The Bertz CT molecular complexity index is 4100. The second-order valence-corrected chi connectivity index (χ2v) is 31.4. The normalized spacial score (nSPS) is 18.2. The molecule has 8 aromatic carbocycles. The predicted molar refractivity (Wildman–Crippen MR) is 356 cm³/mol. The van der Waals surface area contributed by atoms with Crippen LogP contribution in [-0.4, -0.2) is 6.71 Å². The van der Waals surface area contributed by atoms with Gasteiger partial charge in [-0.15, -0.1) is 11.3 Å². The van der Waals surface area contributed by atoms with E-state index in [4.69, 9.17) is 0 Å². The summed E-state index contributed by atoms with van der Waals surface area (Å²) in [5.74, 6) is 0. The average Bonchev–Trinajstić information content (AvgIpc) is 4.15. The van der Waals surface area contributed by atoms with Crippen LogP contribution < -0.4 is 30.4 Å². The molecule has 9 aromatic rings. The van der Waals surface area contributed by atoms with Gasteiger partial charge in [0.15, 0.2) is 0 Å².